The Morgan fingerprint density at radius 2 is 2.00 bits per heavy atom. The zero-order valence-electron chi connectivity index (χ0n) is 11.8. The van der Waals surface area contributed by atoms with Crippen molar-refractivity contribution in [1.82, 2.24) is 9.62 Å². The number of rotatable bonds is 4. The van der Waals surface area contributed by atoms with Crippen LogP contribution in [0.3, 0.4) is 0 Å². The highest BCUT2D eigenvalue weighted by Gasteiger charge is 2.25. The minimum Gasteiger partial charge on any atom is -0.307 e. The summed E-state index contributed by atoms with van der Waals surface area (Å²) in [6.45, 7) is 3.37. The SMILES string of the molecule is CC(NC1CCN(S(C)(=O)=O)CC1)c1cccc(Br)c1. The Labute approximate surface area is 129 Å². The Bertz CT molecular complexity index is 554. The Morgan fingerprint density at radius 1 is 1.35 bits per heavy atom. The predicted molar refractivity (Wildman–Crippen MR) is 85.1 cm³/mol. The first-order valence-corrected chi connectivity index (χ1v) is 9.47. The highest BCUT2D eigenvalue weighted by Crippen LogP contribution is 2.21. The van der Waals surface area contributed by atoms with Crippen LogP contribution in [0.1, 0.15) is 31.4 Å². The second-order valence-electron chi connectivity index (χ2n) is 5.38. The van der Waals surface area contributed by atoms with E-state index < -0.39 is 10.0 Å². The molecule has 0 saturated carbocycles. The van der Waals surface area contributed by atoms with Crippen molar-refractivity contribution in [3.8, 4) is 0 Å². The standard InChI is InChI=1S/C14H21BrN2O2S/c1-11(12-4-3-5-13(15)10-12)16-14-6-8-17(9-7-14)20(2,18)19/h3-5,10-11,14,16H,6-9H2,1-2H3. The van der Waals surface area contributed by atoms with Gasteiger partial charge >= 0.3 is 0 Å². The molecule has 0 radical (unpaired) electrons. The summed E-state index contributed by atoms with van der Waals surface area (Å²) >= 11 is 3.48. The second kappa shape index (κ2) is 6.56. The van der Waals surface area contributed by atoms with Crippen molar-refractivity contribution in [1.29, 1.82) is 0 Å². The molecule has 1 saturated heterocycles. The molecular weight excluding hydrogens is 340 g/mol. The third-order valence-electron chi connectivity index (χ3n) is 3.76. The van der Waals surface area contributed by atoms with Gasteiger partial charge in [-0.1, -0.05) is 28.1 Å². The van der Waals surface area contributed by atoms with Crippen molar-refractivity contribution < 1.29 is 8.42 Å². The van der Waals surface area contributed by atoms with Crippen molar-refractivity contribution in [2.24, 2.45) is 0 Å². The molecule has 1 fully saturated rings. The number of hydrogen-bond donors (Lipinski definition) is 1. The molecule has 6 heteroatoms. The van der Waals surface area contributed by atoms with Crippen LogP contribution >= 0.6 is 15.9 Å². The van der Waals surface area contributed by atoms with Gasteiger partial charge in [-0.25, -0.2) is 12.7 Å². The fourth-order valence-corrected chi connectivity index (χ4v) is 3.87. The first-order valence-electron chi connectivity index (χ1n) is 6.83. The number of hydrogen-bond acceptors (Lipinski definition) is 3. The Hall–Kier alpha value is -0.430. The van der Waals surface area contributed by atoms with Gasteiger partial charge in [-0.15, -0.1) is 0 Å². The van der Waals surface area contributed by atoms with E-state index >= 15 is 0 Å². The van der Waals surface area contributed by atoms with Crippen LogP contribution in [0.5, 0.6) is 0 Å². The van der Waals surface area contributed by atoms with Crippen LogP contribution in [0.25, 0.3) is 0 Å². The molecule has 0 aliphatic carbocycles. The number of piperidine rings is 1. The second-order valence-corrected chi connectivity index (χ2v) is 8.28. The van der Waals surface area contributed by atoms with Gasteiger partial charge < -0.3 is 5.32 Å². The van der Waals surface area contributed by atoms with Gasteiger partial charge in [-0.3, -0.25) is 0 Å². The molecule has 1 aromatic rings. The zero-order valence-corrected chi connectivity index (χ0v) is 14.2. The Kier molecular flexibility index (Phi) is 5.23. The molecule has 1 heterocycles. The molecule has 1 aliphatic rings. The summed E-state index contributed by atoms with van der Waals surface area (Å²) in [6.07, 6.45) is 3.02. The highest BCUT2D eigenvalue weighted by atomic mass is 79.9. The van der Waals surface area contributed by atoms with Gasteiger partial charge in [0.1, 0.15) is 0 Å². The first-order chi connectivity index (χ1) is 9.36. The molecule has 1 aliphatic heterocycles. The maximum atomic E-state index is 11.5. The van der Waals surface area contributed by atoms with Crippen LogP contribution in [0.15, 0.2) is 28.7 Å². The number of benzene rings is 1. The maximum Gasteiger partial charge on any atom is 0.211 e. The summed E-state index contributed by atoms with van der Waals surface area (Å²) in [6, 6.07) is 8.91. The van der Waals surface area contributed by atoms with E-state index in [0.717, 1.165) is 17.3 Å². The van der Waals surface area contributed by atoms with E-state index in [-0.39, 0.29) is 6.04 Å². The third-order valence-corrected chi connectivity index (χ3v) is 5.55. The van der Waals surface area contributed by atoms with E-state index in [2.05, 4.69) is 40.3 Å². The Balaban J connectivity index is 1.89. The fourth-order valence-electron chi connectivity index (χ4n) is 2.58. The third kappa shape index (κ3) is 4.28. The van der Waals surface area contributed by atoms with Gasteiger partial charge in [0.25, 0.3) is 0 Å². The minimum atomic E-state index is -3.04. The summed E-state index contributed by atoms with van der Waals surface area (Å²) in [5.41, 5.74) is 1.24. The average molecular weight is 361 g/mol. The predicted octanol–water partition coefficient (Wildman–Crippen LogP) is 2.52. The number of sulfonamides is 1. The fraction of sp³-hybridized carbons (Fsp3) is 0.571. The summed E-state index contributed by atoms with van der Waals surface area (Å²) in [7, 11) is -3.04. The molecular formula is C14H21BrN2O2S. The van der Waals surface area contributed by atoms with E-state index in [1.54, 1.807) is 4.31 Å². The molecule has 2 rings (SSSR count). The molecule has 1 aromatic carbocycles. The molecule has 0 aromatic heterocycles. The summed E-state index contributed by atoms with van der Waals surface area (Å²) in [5.74, 6) is 0. The molecule has 1 atom stereocenters. The maximum absolute atomic E-state index is 11.5. The molecule has 112 valence electrons. The van der Waals surface area contributed by atoms with Crippen molar-refractivity contribution in [2.75, 3.05) is 19.3 Å². The van der Waals surface area contributed by atoms with Crippen LogP contribution in [-0.4, -0.2) is 38.1 Å². The summed E-state index contributed by atoms with van der Waals surface area (Å²) in [5, 5.41) is 3.59. The van der Waals surface area contributed by atoms with E-state index in [0.29, 0.717) is 19.1 Å². The van der Waals surface area contributed by atoms with Gasteiger partial charge in [-0.05, 0) is 37.5 Å². The largest absolute Gasteiger partial charge is 0.307 e. The smallest absolute Gasteiger partial charge is 0.211 e. The lowest BCUT2D eigenvalue weighted by Crippen LogP contribution is -2.45. The Morgan fingerprint density at radius 3 is 2.55 bits per heavy atom. The summed E-state index contributed by atoms with van der Waals surface area (Å²) < 4.78 is 25.6. The average Bonchev–Trinajstić information content (AvgIpc) is 2.38. The molecule has 1 unspecified atom stereocenters. The highest BCUT2D eigenvalue weighted by molar-refractivity contribution is 9.10. The van der Waals surface area contributed by atoms with Crippen molar-refractivity contribution >= 4 is 26.0 Å². The van der Waals surface area contributed by atoms with Gasteiger partial charge in [0.15, 0.2) is 0 Å². The van der Waals surface area contributed by atoms with Crippen LogP contribution in [0, 0.1) is 0 Å². The zero-order chi connectivity index (χ0) is 14.8. The number of nitrogens with zero attached hydrogens (tertiary/aromatic N) is 1. The number of halogens is 1. The van der Waals surface area contributed by atoms with E-state index in [4.69, 9.17) is 0 Å². The lowest BCUT2D eigenvalue weighted by atomic mass is 10.0. The first kappa shape index (κ1) is 15.9. The van der Waals surface area contributed by atoms with Gasteiger partial charge in [-0.2, -0.15) is 0 Å². The van der Waals surface area contributed by atoms with E-state index in [1.807, 2.05) is 12.1 Å². The molecule has 20 heavy (non-hydrogen) atoms. The number of nitrogens with one attached hydrogen (secondary N) is 1. The lowest BCUT2D eigenvalue weighted by molar-refractivity contribution is 0.278. The van der Waals surface area contributed by atoms with Crippen molar-refractivity contribution in [3.05, 3.63) is 34.3 Å². The lowest BCUT2D eigenvalue weighted by Gasteiger charge is -2.32. The van der Waals surface area contributed by atoms with Crippen molar-refractivity contribution in [3.63, 3.8) is 0 Å². The molecule has 1 N–H and O–H groups in total. The van der Waals surface area contributed by atoms with Crippen LogP contribution < -0.4 is 5.32 Å². The normalized spacial score (nSPS) is 19.9. The molecule has 0 amide bonds. The van der Waals surface area contributed by atoms with Crippen LogP contribution in [-0.2, 0) is 10.0 Å². The summed E-state index contributed by atoms with van der Waals surface area (Å²) in [4.78, 5) is 0. The molecule has 0 spiro atoms. The topological polar surface area (TPSA) is 49.4 Å². The minimum absolute atomic E-state index is 0.266. The van der Waals surface area contributed by atoms with Gasteiger partial charge in [0.05, 0.1) is 6.26 Å². The van der Waals surface area contributed by atoms with Gasteiger partial charge in [0, 0.05) is 29.6 Å². The quantitative estimate of drug-likeness (QED) is 0.897. The monoisotopic (exact) mass is 360 g/mol. The van der Waals surface area contributed by atoms with Crippen molar-refractivity contribution in [2.45, 2.75) is 31.8 Å². The van der Waals surface area contributed by atoms with Gasteiger partial charge in [0.2, 0.25) is 10.0 Å². The van der Waals surface area contributed by atoms with E-state index in [1.165, 1.54) is 11.8 Å². The van der Waals surface area contributed by atoms with E-state index in [9.17, 15) is 8.42 Å². The molecule has 4 nitrogen and oxygen atoms in total. The molecule has 0 bridgehead atoms. The van der Waals surface area contributed by atoms with Crippen LogP contribution in [0.4, 0.5) is 0 Å². The van der Waals surface area contributed by atoms with Crippen LogP contribution in [0.2, 0.25) is 0 Å².